The predicted octanol–water partition coefficient (Wildman–Crippen LogP) is 0.612. The predicted molar refractivity (Wildman–Crippen MR) is 92.4 cm³/mol. The van der Waals surface area contributed by atoms with Gasteiger partial charge in [0.1, 0.15) is 0 Å². The molecule has 1 heterocycles. The Morgan fingerprint density at radius 1 is 1.28 bits per heavy atom. The number of carboxylic acid groups (broad SMARTS) is 1. The molecule has 0 spiro atoms. The van der Waals surface area contributed by atoms with Gasteiger partial charge in [-0.2, -0.15) is 0 Å². The van der Waals surface area contributed by atoms with Gasteiger partial charge in [0.15, 0.2) is 0 Å². The molecule has 0 radical (unpaired) electrons. The highest BCUT2D eigenvalue weighted by atomic mass is 32.2. The Bertz CT molecular complexity index is 723. The molecule has 1 aromatic rings. The van der Waals surface area contributed by atoms with E-state index >= 15 is 0 Å². The van der Waals surface area contributed by atoms with Crippen LogP contribution < -0.4 is 10.0 Å². The van der Waals surface area contributed by atoms with Gasteiger partial charge in [0, 0.05) is 26.2 Å². The number of hydrogen-bond donors (Lipinski definition) is 3. The van der Waals surface area contributed by atoms with E-state index in [2.05, 4.69) is 10.0 Å². The van der Waals surface area contributed by atoms with E-state index in [0.717, 1.165) is 5.56 Å². The number of amides is 2. The lowest BCUT2D eigenvalue weighted by atomic mass is 9.90. The van der Waals surface area contributed by atoms with Gasteiger partial charge in [0.05, 0.1) is 11.2 Å². The normalized spacial score (nSPS) is 20.4. The maximum atomic E-state index is 12.0. The van der Waals surface area contributed by atoms with E-state index in [-0.39, 0.29) is 25.4 Å². The molecule has 1 unspecified atom stereocenters. The number of sulfonamides is 1. The van der Waals surface area contributed by atoms with Gasteiger partial charge in [0.2, 0.25) is 10.0 Å². The van der Waals surface area contributed by atoms with Gasteiger partial charge in [-0.15, -0.1) is 0 Å². The highest BCUT2D eigenvalue weighted by molar-refractivity contribution is 7.89. The quantitative estimate of drug-likeness (QED) is 0.651. The number of nitrogens with zero attached hydrogens (tertiary/aromatic N) is 1. The number of likely N-dealkylation sites (tertiary alicyclic amines) is 1. The van der Waals surface area contributed by atoms with Gasteiger partial charge in [-0.25, -0.2) is 17.9 Å². The van der Waals surface area contributed by atoms with Crippen LogP contribution in [0.25, 0.3) is 0 Å². The maximum absolute atomic E-state index is 12.0. The minimum Gasteiger partial charge on any atom is -0.481 e. The smallest absolute Gasteiger partial charge is 0.317 e. The Morgan fingerprint density at radius 2 is 1.96 bits per heavy atom. The number of rotatable bonds is 7. The Labute approximate surface area is 147 Å². The van der Waals surface area contributed by atoms with E-state index in [1.165, 1.54) is 4.90 Å². The molecule has 1 atom stereocenters. The number of carbonyl (C=O) groups is 2. The Kier molecular flexibility index (Phi) is 6.02. The summed E-state index contributed by atoms with van der Waals surface area (Å²) in [6.07, 6.45) is 0.382. The van der Waals surface area contributed by atoms with Gasteiger partial charge in [-0.3, -0.25) is 4.79 Å². The van der Waals surface area contributed by atoms with E-state index in [1.807, 2.05) is 30.3 Å². The van der Waals surface area contributed by atoms with Crippen LogP contribution >= 0.6 is 0 Å². The van der Waals surface area contributed by atoms with E-state index < -0.39 is 27.4 Å². The zero-order valence-electron chi connectivity index (χ0n) is 14.1. The molecule has 0 bridgehead atoms. The van der Waals surface area contributed by atoms with Crippen LogP contribution in [0.5, 0.6) is 0 Å². The molecule has 1 saturated heterocycles. The monoisotopic (exact) mass is 369 g/mol. The van der Waals surface area contributed by atoms with Crippen molar-refractivity contribution in [2.45, 2.75) is 19.9 Å². The lowest BCUT2D eigenvalue weighted by molar-refractivity contribution is -0.147. The van der Waals surface area contributed by atoms with Crippen molar-refractivity contribution in [1.82, 2.24) is 14.9 Å². The average Bonchev–Trinajstić information content (AvgIpc) is 2.98. The van der Waals surface area contributed by atoms with Crippen LogP contribution in [0.2, 0.25) is 0 Å². The van der Waals surface area contributed by atoms with E-state index in [9.17, 15) is 18.0 Å². The standard InChI is InChI=1S/C16H23N3O5S/c1-16(14(20)21)7-9-19(12-16)15(22)17-8-10-25(23,24)18-11-13-5-3-2-4-6-13/h2-6,18H,7-12H2,1H3,(H,17,22)(H,20,21). The number of aliphatic carboxylic acids is 1. The molecule has 0 saturated carbocycles. The van der Waals surface area contributed by atoms with Crippen LogP contribution in [0, 0.1) is 5.41 Å². The molecule has 0 aromatic heterocycles. The first-order valence-corrected chi connectivity index (χ1v) is 9.64. The summed E-state index contributed by atoms with van der Waals surface area (Å²) in [6.45, 7) is 2.21. The van der Waals surface area contributed by atoms with Crippen LogP contribution in [-0.2, 0) is 21.4 Å². The molecule has 0 aliphatic carbocycles. The van der Waals surface area contributed by atoms with Crippen molar-refractivity contribution in [3.63, 3.8) is 0 Å². The summed E-state index contributed by atoms with van der Waals surface area (Å²) in [5.74, 6) is -1.18. The fraction of sp³-hybridized carbons (Fsp3) is 0.500. The molecule has 1 aromatic carbocycles. The molecule has 138 valence electrons. The molecule has 1 aliphatic rings. The molecule has 3 N–H and O–H groups in total. The zero-order valence-corrected chi connectivity index (χ0v) is 14.9. The average molecular weight is 369 g/mol. The van der Waals surface area contributed by atoms with E-state index in [0.29, 0.717) is 13.0 Å². The fourth-order valence-electron chi connectivity index (χ4n) is 2.57. The second-order valence-corrected chi connectivity index (χ2v) is 8.32. The van der Waals surface area contributed by atoms with Gasteiger partial charge in [-0.05, 0) is 18.9 Å². The van der Waals surface area contributed by atoms with Gasteiger partial charge >= 0.3 is 12.0 Å². The summed E-state index contributed by atoms with van der Waals surface area (Å²) >= 11 is 0. The number of carboxylic acids is 1. The van der Waals surface area contributed by atoms with Crippen molar-refractivity contribution >= 4 is 22.0 Å². The Morgan fingerprint density at radius 3 is 2.56 bits per heavy atom. The maximum Gasteiger partial charge on any atom is 0.317 e. The largest absolute Gasteiger partial charge is 0.481 e. The molecule has 8 nitrogen and oxygen atoms in total. The third-order valence-electron chi connectivity index (χ3n) is 4.26. The fourth-order valence-corrected chi connectivity index (χ4v) is 3.48. The third-order valence-corrected chi connectivity index (χ3v) is 5.59. The summed E-state index contributed by atoms with van der Waals surface area (Å²) in [7, 11) is -3.51. The zero-order chi connectivity index (χ0) is 18.5. The summed E-state index contributed by atoms with van der Waals surface area (Å²) in [5, 5.41) is 11.7. The highest BCUT2D eigenvalue weighted by Crippen LogP contribution is 2.29. The minimum absolute atomic E-state index is 0.0385. The highest BCUT2D eigenvalue weighted by Gasteiger charge is 2.42. The van der Waals surface area contributed by atoms with Crippen molar-refractivity contribution in [3.05, 3.63) is 35.9 Å². The van der Waals surface area contributed by atoms with Crippen LogP contribution in [0.4, 0.5) is 4.79 Å². The number of hydrogen-bond acceptors (Lipinski definition) is 4. The van der Waals surface area contributed by atoms with Crippen molar-refractivity contribution < 1.29 is 23.1 Å². The van der Waals surface area contributed by atoms with Crippen LogP contribution in [0.1, 0.15) is 18.9 Å². The number of urea groups is 1. The molecular weight excluding hydrogens is 346 g/mol. The van der Waals surface area contributed by atoms with Crippen LogP contribution in [-0.4, -0.2) is 55.8 Å². The third kappa shape index (κ3) is 5.43. The first-order chi connectivity index (χ1) is 11.7. The van der Waals surface area contributed by atoms with Crippen molar-refractivity contribution in [2.75, 3.05) is 25.4 Å². The SMILES string of the molecule is CC1(C(=O)O)CCN(C(=O)NCCS(=O)(=O)NCc2ccccc2)C1. The van der Waals surface area contributed by atoms with Crippen molar-refractivity contribution in [3.8, 4) is 0 Å². The summed E-state index contributed by atoms with van der Waals surface area (Å²) in [4.78, 5) is 24.6. The molecule has 25 heavy (non-hydrogen) atoms. The minimum atomic E-state index is -3.51. The van der Waals surface area contributed by atoms with Crippen molar-refractivity contribution in [1.29, 1.82) is 0 Å². The Balaban J connectivity index is 1.74. The Hall–Kier alpha value is -2.13. The molecule has 9 heteroatoms. The molecule has 2 rings (SSSR count). The van der Waals surface area contributed by atoms with Crippen molar-refractivity contribution in [2.24, 2.45) is 5.41 Å². The second-order valence-electron chi connectivity index (χ2n) is 6.39. The summed E-state index contributed by atoms with van der Waals surface area (Å²) in [5.41, 5.74) is -0.0964. The molecule has 2 amide bonds. The van der Waals surface area contributed by atoms with E-state index in [4.69, 9.17) is 5.11 Å². The molecular formula is C16H23N3O5S. The topological polar surface area (TPSA) is 116 Å². The van der Waals surface area contributed by atoms with Crippen LogP contribution in [0.3, 0.4) is 0 Å². The van der Waals surface area contributed by atoms with Crippen LogP contribution in [0.15, 0.2) is 30.3 Å². The number of nitrogens with one attached hydrogen (secondary N) is 2. The number of carbonyl (C=O) groups excluding carboxylic acids is 1. The summed E-state index contributed by atoms with van der Waals surface area (Å²) < 4.78 is 26.4. The number of benzene rings is 1. The van der Waals surface area contributed by atoms with Gasteiger partial charge < -0.3 is 15.3 Å². The molecule has 1 fully saturated rings. The first-order valence-electron chi connectivity index (χ1n) is 7.99. The summed E-state index contributed by atoms with van der Waals surface area (Å²) in [6, 6.07) is 8.69. The van der Waals surface area contributed by atoms with Gasteiger partial charge in [0.25, 0.3) is 0 Å². The van der Waals surface area contributed by atoms with Gasteiger partial charge in [-0.1, -0.05) is 30.3 Å². The first kappa shape index (κ1) is 19.2. The lowest BCUT2D eigenvalue weighted by Crippen LogP contribution is -2.43. The molecule has 1 aliphatic heterocycles. The second kappa shape index (κ2) is 7.83. The lowest BCUT2D eigenvalue weighted by Gasteiger charge is -2.20. The van der Waals surface area contributed by atoms with E-state index in [1.54, 1.807) is 6.92 Å².